The number of halogens is 4. The SMILES string of the molecule is O=C(c1cnn(-c2nn3c(F)ccc3c(=O)[nH]2)c1)N1CCC(CC(F)(F)F)CC1. The molecule has 8 nitrogen and oxygen atoms in total. The molecule has 0 atom stereocenters. The summed E-state index contributed by atoms with van der Waals surface area (Å²) in [5.74, 6) is -1.67. The van der Waals surface area contributed by atoms with Crippen LogP contribution in [0.4, 0.5) is 17.6 Å². The number of aromatic amines is 1. The van der Waals surface area contributed by atoms with Gasteiger partial charge in [0, 0.05) is 25.7 Å². The highest BCUT2D eigenvalue weighted by Gasteiger charge is 2.34. The lowest BCUT2D eigenvalue weighted by molar-refractivity contribution is -0.147. The number of fused-ring (bicyclic) bond motifs is 1. The van der Waals surface area contributed by atoms with Gasteiger partial charge in [0.1, 0.15) is 5.52 Å². The standard InChI is InChI=1S/C17H16F4N6O2/c18-13-2-1-12-14(28)23-16(24-27(12)13)26-9-11(8-22-26)15(29)25-5-3-10(4-6-25)7-17(19,20)21/h1-2,8-10H,3-7H2,(H,23,24,28). The van der Waals surface area contributed by atoms with E-state index in [1.165, 1.54) is 23.4 Å². The number of alkyl halides is 3. The second-order valence-electron chi connectivity index (χ2n) is 6.96. The van der Waals surface area contributed by atoms with Crippen molar-refractivity contribution in [2.45, 2.75) is 25.4 Å². The summed E-state index contributed by atoms with van der Waals surface area (Å²) in [6, 6.07) is 2.38. The first-order valence-corrected chi connectivity index (χ1v) is 8.90. The summed E-state index contributed by atoms with van der Waals surface area (Å²) in [4.78, 5) is 28.6. The summed E-state index contributed by atoms with van der Waals surface area (Å²) in [7, 11) is 0. The molecule has 0 aliphatic carbocycles. The van der Waals surface area contributed by atoms with Crippen LogP contribution < -0.4 is 5.56 Å². The third-order valence-electron chi connectivity index (χ3n) is 4.93. The van der Waals surface area contributed by atoms with Crippen LogP contribution in [0.5, 0.6) is 0 Å². The van der Waals surface area contributed by atoms with Crippen molar-refractivity contribution in [3.63, 3.8) is 0 Å². The summed E-state index contributed by atoms with van der Waals surface area (Å²) < 4.78 is 53.2. The molecule has 4 heterocycles. The molecule has 0 unspecified atom stereocenters. The number of rotatable bonds is 3. The number of aromatic nitrogens is 5. The van der Waals surface area contributed by atoms with Crippen molar-refractivity contribution in [2.24, 2.45) is 5.92 Å². The molecule has 12 heteroatoms. The number of amides is 1. The summed E-state index contributed by atoms with van der Waals surface area (Å²) in [5.41, 5.74) is -0.361. The Kier molecular flexibility index (Phi) is 4.63. The van der Waals surface area contributed by atoms with Crippen LogP contribution in [0, 0.1) is 11.9 Å². The van der Waals surface area contributed by atoms with Crippen LogP contribution in [0.15, 0.2) is 29.3 Å². The van der Waals surface area contributed by atoms with E-state index in [0.29, 0.717) is 0 Å². The highest BCUT2D eigenvalue weighted by Crippen LogP contribution is 2.31. The average molecular weight is 412 g/mol. The lowest BCUT2D eigenvalue weighted by Gasteiger charge is -2.32. The molecule has 1 saturated heterocycles. The lowest BCUT2D eigenvalue weighted by atomic mass is 9.93. The molecule has 1 aliphatic rings. The normalized spacial score (nSPS) is 15.9. The lowest BCUT2D eigenvalue weighted by Crippen LogP contribution is -2.39. The van der Waals surface area contributed by atoms with Crippen LogP contribution in [-0.4, -0.2) is 54.5 Å². The fraction of sp³-hybridized carbons (Fsp3) is 0.412. The summed E-state index contributed by atoms with van der Waals surface area (Å²) in [5, 5.41) is 7.93. The molecule has 1 fully saturated rings. The minimum absolute atomic E-state index is 0.0245. The minimum atomic E-state index is -4.21. The van der Waals surface area contributed by atoms with Gasteiger partial charge in [-0.15, -0.1) is 5.10 Å². The first-order chi connectivity index (χ1) is 13.7. The Morgan fingerprint density at radius 1 is 1.24 bits per heavy atom. The number of likely N-dealkylation sites (tertiary alicyclic amines) is 1. The van der Waals surface area contributed by atoms with E-state index in [0.717, 1.165) is 15.3 Å². The number of carbonyl (C=O) groups excluding carboxylic acids is 1. The Bertz CT molecular complexity index is 1110. The van der Waals surface area contributed by atoms with Crippen molar-refractivity contribution < 1.29 is 22.4 Å². The number of hydrogen-bond donors (Lipinski definition) is 1. The van der Waals surface area contributed by atoms with Gasteiger partial charge in [-0.2, -0.15) is 27.2 Å². The highest BCUT2D eigenvalue weighted by molar-refractivity contribution is 5.93. The molecule has 0 bridgehead atoms. The molecule has 0 radical (unpaired) electrons. The first-order valence-electron chi connectivity index (χ1n) is 8.90. The Hall–Kier alpha value is -3.18. The largest absolute Gasteiger partial charge is 0.389 e. The van der Waals surface area contributed by atoms with Crippen molar-refractivity contribution in [3.05, 3.63) is 46.4 Å². The molecule has 154 valence electrons. The van der Waals surface area contributed by atoms with E-state index < -0.39 is 30.0 Å². The summed E-state index contributed by atoms with van der Waals surface area (Å²) in [6.07, 6.45) is -1.90. The van der Waals surface area contributed by atoms with Gasteiger partial charge in [0.25, 0.3) is 11.5 Å². The third kappa shape index (κ3) is 3.87. The molecule has 0 spiro atoms. The van der Waals surface area contributed by atoms with E-state index in [1.807, 2.05) is 0 Å². The van der Waals surface area contributed by atoms with Crippen LogP contribution in [0.1, 0.15) is 29.6 Å². The molecule has 1 amide bonds. The molecule has 1 aliphatic heterocycles. The van der Waals surface area contributed by atoms with Gasteiger partial charge in [-0.1, -0.05) is 0 Å². The molecule has 3 aromatic rings. The molecular weight excluding hydrogens is 396 g/mol. The van der Waals surface area contributed by atoms with Crippen molar-refractivity contribution >= 4 is 11.4 Å². The van der Waals surface area contributed by atoms with E-state index in [2.05, 4.69) is 15.2 Å². The van der Waals surface area contributed by atoms with Crippen molar-refractivity contribution in [1.29, 1.82) is 0 Å². The molecule has 29 heavy (non-hydrogen) atoms. The fourth-order valence-corrected chi connectivity index (χ4v) is 3.47. The smallest absolute Gasteiger partial charge is 0.339 e. The molecular formula is C17H16F4N6O2. The third-order valence-corrected chi connectivity index (χ3v) is 4.93. The zero-order valence-electron chi connectivity index (χ0n) is 15.0. The fourth-order valence-electron chi connectivity index (χ4n) is 3.47. The van der Waals surface area contributed by atoms with Gasteiger partial charge >= 0.3 is 6.18 Å². The number of nitrogens with zero attached hydrogens (tertiary/aromatic N) is 5. The van der Waals surface area contributed by atoms with Gasteiger partial charge in [-0.05, 0) is 30.9 Å². The summed E-state index contributed by atoms with van der Waals surface area (Å²) >= 11 is 0. The van der Waals surface area contributed by atoms with E-state index >= 15 is 0 Å². The Morgan fingerprint density at radius 2 is 1.97 bits per heavy atom. The van der Waals surface area contributed by atoms with Gasteiger partial charge in [-0.3, -0.25) is 14.6 Å². The predicted molar refractivity (Wildman–Crippen MR) is 92.2 cm³/mol. The molecule has 0 aromatic carbocycles. The molecule has 3 aromatic heterocycles. The van der Waals surface area contributed by atoms with Gasteiger partial charge in [0.15, 0.2) is 0 Å². The number of piperidine rings is 1. The number of H-pyrrole nitrogens is 1. The Labute approximate surface area is 160 Å². The first kappa shape index (κ1) is 19.2. The maximum Gasteiger partial charge on any atom is 0.389 e. The zero-order chi connectivity index (χ0) is 20.8. The van der Waals surface area contributed by atoms with Crippen molar-refractivity contribution in [2.75, 3.05) is 13.1 Å². The van der Waals surface area contributed by atoms with Crippen LogP contribution >= 0.6 is 0 Å². The molecule has 4 rings (SSSR count). The van der Waals surface area contributed by atoms with Gasteiger partial charge < -0.3 is 4.90 Å². The Morgan fingerprint density at radius 3 is 2.66 bits per heavy atom. The zero-order valence-corrected chi connectivity index (χ0v) is 15.0. The van der Waals surface area contributed by atoms with Crippen LogP contribution in [0.2, 0.25) is 0 Å². The van der Waals surface area contributed by atoms with Crippen LogP contribution in [-0.2, 0) is 0 Å². The maximum absolute atomic E-state index is 13.7. The van der Waals surface area contributed by atoms with Crippen molar-refractivity contribution in [1.82, 2.24) is 29.3 Å². The maximum atomic E-state index is 13.7. The summed E-state index contributed by atoms with van der Waals surface area (Å²) in [6.45, 7) is 0.445. The average Bonchev–Trinajstić information content (AvgIpc) is 3.28. The molecule has 0 saturated carbocycles. The van der Waals surface area contributed by atoms with Gasteiger partial charge in [0.2, 0.25) is 11.9 Å². The van der Waals surface area contributed by atoms with Crippen LogP contribution in [0.3, 0.4) is 0 Å². The molecule has 1 N–H and O–H groups in total. The predicted octanol–water partition coefficient (Wildman–Crippen LogP) is 2.15. The highest BCUT2D eigenvalue weighted by atomic mass is 19.4. The van der Waals surface area contributed by atoms with Gasteiger partial charge in [-0.25, -0.2) is 4.68 Å². The minimum Gasteiger partial charge on any atom is -0.339 e. The van der Waals surface area contributed by atoms with Crippen molar-refractivity contribution in [3.8, 4) is 5.95 Å². The van der Waals surface area contributed by atoms with E-state index in [-0.39, 0.29) is 48.9 Å². The number of hydrogen-bond acceptors (Lipinski definition) is 4. The second-order valence-corrected chi connectivity index (χ2v) is 6.96. The van der Waals surface area contributed by atoms with Gasteiger partial charge in [0.05, 0.1) is 11.8 Å². The number of nitrogens with one attached hydrogen (secondary N) is 1. The quantitative estimate of drug-likeness (QED) is 0.668. The van der Waals surface area contributed by atoms with E-state index in [9.17, 15) is 27.2 Å². The number of carbonyl (C=O) groups is 1. The monoisotopic (exact) mass is 412 g/mol. The van der Waals surface area contributed by atoms with E-state index in [4.69, 9.17) is 0 Å². The second kappa shape index (κ2) is 7.01. The van der Waals surface area contributed by atoms with E-state index in [1.54, 1.807) is 0 Å². The van der Waals surface area contributed by atoms with Crippen LogP contribution in [0.25, 0.3) is 11.5 Å². The topological polar surface area (TPSA) is 88.3 Å². The Balaban J connectivity index is 1.49.